The molecule has 1 fully saturated rings. The summed E-state index contributed by atoms with van der Waals surface area (Å²) in [6.07, 6.45) is 5.41. The third kappa shape index (κ3) is 3.58. The molecule has 1 aromatic carbocycles. The minimum Gasteiger partial charge on any atom is -0.351 e. The van der Waals surface area contributed by atoms with Crippen molar-refractivity contribution in [1.29, 1.82) is 0 Å². The van der Waals surface area contributed by atoms with Crippen LogP contribution in [0.15, 0.2) is 36.5 Å². The van der Waals surface area contributed by atoms with Gasteiger partial charge in [0.15, 0.2) is 0 Å². The van der Waals surface area contributed by atoms with Crippen LogP contribution in [-0.2, 0) is 0 Å². The average molecular weight is 350 g/mol. The normalized spacial score (nSPS) is 18.4. The molecule has 26 heavy (non-hydrogen) atoms. The van der Waals surface area contributed by atoms with E-state index in [1.165, 1.54) is 25.9 Å². The highest BCUT2D eigenvalue weighted by molar-refractivity contribution is 6.07. The number of carbonyl (C=O) groups is 1. The molecule has 1 saturated heterocycles. The number of amides is 1. The van der Waals surface area contributed by atoms with Crippen molar-refractivity contribution in [1.82, 2.24) is 20.2 Å². The van der Waals surface area contributed by atoms with Crippen molar-refractivity contribution in [3.63, 3.8) is 0 Å². The van der Waals surface area contributed by atoms with Crippen molar-refractivity contribution in [3.05, 3.63) is 42.2 Å². The predicted octanol–water partition coefficient (Wildman–Crippen LogP) is 3.57. The van der Waals surface area contributed by atoms with Gasteiger partial charge in [-0.15, -0.1) is 0 Å². The number of pyridine rings is 1. The number of likely N-dealkylation sites (tertiary alicyclic amines) is 1. The quantitative estimate of drug-likeness (QED) is 0.692. The van der Waals surface area contributed by atoms with Crippen LogP contribution in [0.4, 0.5) is 0 Å². The number of piperidine rings is 1. The van der Waals surface area contributed by atoms with Crippen LogP contribution in [0.1, 0.15) is 36.7 Å². The molecule has 1 aliphatic heterocycles. The number of aromatic amines is 1. The van der Waals surface area contributed by atoms with Crippen LogP contribution in [0.2, 0.25) is 0 Å². The van der Waals surface area contributed by atoms with Gasteiger partial charge < -0.3 is 15.2 Å². The molecule has 0 saturated carbocycles. The van der Waals surface area contributed by atoms with Crippen LogP contribution in [0.3, 0.4) is 0 Å². The van der Waals surface area contributed by atoms with E-state index in [2.05, 4.69) is 27.1 Å². The molecule has 5 heteroatoms. The summed E-state index contributed by atoms with van der Waals surface area (Å²) in [6, 6.07) is 9.94. The Bertz CT molecular complexity index is 917. The molecule has 3 aromatic rings. The summed E-state index contributed by atoms with van der Waals surface area (Å²) in [7, 11) is 0. The summed E-state index contributed by atoms with van der Waals surface area (Å²) in [5, 5.41) is 5.13. The number of carbonyl (C=O) groups excluding carboxylic acids is 1. The van der Waals surface area contributed by atoms with E-state index >= 15 is 0 Å². The molecule has 2 aromatic heterocycles. The van der Waals surface area contributed by atoms with Crippen molar-refractivity contribution in [2.75, 3.05) is 26.2 Å². The Hall–Kier alpha value is -2.40. The lowest BCUT2D eigenvalue weighted by molar-refractivity contribution is 0.0946. The van der Waals surface area contributed by atoms with E-state index in [4.69, 9.17) is 0 Å². The van der Waals surface area contributed by atoms with Gasteiger partial charge in [0.2, 0.25) is 0 Å². The molecular formula is C21H26N4O. The molecule has 5 nitrogen and oxygen atoms in total. The number of benzene rings is 1. The zero-order chi connectivity index (χ0) is 17.9. The SMILES string of the molecule is C[C@H]1CCCN(CCCNC(=O)c2cc3ccc4cccnc4c3[nH]2)C1. The van der Waals surface area contributed by atoms with E-state index < -0.39 is 0 Å². The number of hydrogen-bond acceptors (Lipinski definition) is 3. The fraction of sp³-hybridized carbons (Fsp3) is 0.429. The first kappa shape index (κ1) is 17.0. The molecule has 1 amide bonds. The summed E-state index contributed by atoms with van der Waals surface area (Å²) in [6.45, 7) is 6.47. The van der Waals surface area contributed by atoms with Gasteiger partial charge in [-0.05, 0) is 50.4 Å². The standard InChI is InChI=1S/C21H26N4O/c1-15-5-3-11-25(14-15)12-4-10-23-21(26)18-13-17-8-7-16-6-2-9-22-19(16)20(17)24-18/h2,6-9,13,15,24H,3-5,10-12,14H2,1H3,(H,23,26)/t15-/m0/s1. The summed E-state index contributed by atoms with van der Waals surface area (Å²) in [4.78, 5) is 22.7. The highest BCUT2D eigenvalue weighted by Gasteiger charge is 2.16. The van der Waals surface area contributed by atoms with Gasteiger partial charge in [-0.3, -0.25) is 9.78 Å². The molecular weight excluding hydrogens is 324 g/mol. The molecule has 0 spiro atoms. The minimum atomic E-state index is -0.0442. The maximum absolute atomic E-state index is 12.5. The Morgan fingerprint density at radius 2 is 2.23 bits per heavy atom. The second kappa shape index (κ2) is 7.46. The van der Waals surface area contributed by atoms with Crippen LogP contribution in [0, 0.1) is 5.92 Å². The maximum atomic E-state index is 12.5. The van der Waals surface area contributed by atoms with Gasteiger partial charge in [0.05, 0.1) is 11.0 Å². The van der Waals surface area contributed by atoms with Gasteiger partial charge in [-0.1, -0.05) is 25.1 Å². The van der Waals surface area contributed by atoms with E-state index in [0.29, 0.717) is 12.2 Å². The van der Waals surface area contributed by atoms with Crippen molar-refractivity contribution >= 4 is 27.7 Å². The fourth-order valence-corrected chi connectivity index (χ4v) is 3.95. The molecule has 1 aliphatic rings. The molecule has 1 atom stereocenters. The van der Waals surface area contributed by atoms with Gasteiger partial charge in [-0.2, -0.15) is 0 Å². The number of H-pyrrole nitrogens is 1. The third-order valence-corrected chi connectivity index (χ3v) is 5.29. The van der Waals surface area contributed by atoms with E-state index in [-0.39, 0.29) is 5.91 Å². The lowest BCUT2D eigenvalue weighted by Crippen LogP contribution is -2.36. The minimum absolute atomic E-state index is 0.0442. The number of rotatable bonds is 5. The van der Waals surface area contributed by atoms with Crippen LogP contribution < -0.4 is 5.32 Å². The van der Waals surface area contributed by atoms with Gasteiger partial charge in [0.1, 0.15) is 5.69 Å². The summed E-state index contributed by atoms with van der Waals surface area (Å²) < 4.78 is 0. The smallest absolute Gasteiger partial charge is 0.267 e. The van der Waals surface area contributed by atoms with Gasteiger partial charge >= 0.3 is 0 Å². The number of aromatic nitrogens is 2. The summed E-state index contributed by atoms with van der Waals surface area (Å²) in [5.41, 5.74) is 2.43. The van der Waals surface area contributed by atoms with E-state index in [9.17, 15) is 4.79 Å². The molecule has 0 bridgehead atoms. The largest absolute Gasteiger partial charge is 0.351 e. The Kier molecular flexibility index (Phi) is 4.89. The first-order chi connectivity index (χ1) is 12.7. The zero-order valence-corrected chi connectivity index (χ0v) is 15.3. The van der Waals surface area contributed by atoms with Crippen LogP contribution in [-0.4, -0.2) is 47.0 Å². The van der Waals surface area contributed by atoms with Gasteiger partial charge in [0.25, 0.3) is 5.91 Å². The molecule has 0 unspecified atom stereocenters. The maximum Gasteiger partial charge on any atom is 0.267 e. The van der Waals surface area contributed by atoms with E-state index in [1.54, 1.807) is 6.20 Å². The van der Waals surface area contributed by atoms with Gasteiger partial charge in [0, 0.05) is 30.1 Å². The van der Waals surface area contributed by atoms with Gasteiger partial charge in [-0.25, -0.2) is 0 Å². The summed E-state index contributed by atoms with van der Waals surface area (Å²) in [5.74, 6) is 0.755. The lowest BCUT2D eigenvalue weighted by Gasteiger charge is -2.30. The Morgan fingerprint density at radius 1 is 1.35 bits per heavy atom. The third-order valence-electron chi connectivity index (χ3n) is 5.29. The first-order valence-corrected chi connectivity index (χ1v) is 9.58. The Labute approximate surface area is 153 Å². The van der Waals surface area contributed by atoms with Crippen LogP contribution in [0.5, 0.6) is 0 Å². The zero-order valence-electron chi connectivity index (χ0n) is 15.3. The van der Waals surface area contributed by atoms with Crippen LogP contribution >= 0.6 is 0 Å². The molecule has 0 aliphatic carbocycles. The highest BCUT2D eigenvalue weighted by Crippen LogP contribution is 2.23. The molecule has 3 heterocycles. The van der Waals surface area contributed by atoms with Crippen molar-refractivity contribution in [2.45, 2.75) is 26.2 Å². The molecule has 2 N–H and O–H groups in total. The number of nitrogens with one attached hydrogen (secondary N) is 2. The summed E-state index contributed by atoms with van der Waals surface area (Å²) >= 11 is 0. The van der Waals surface area contributed by atoms with E-state index in [1.807, 2.05) is 30.3 Å². The molecule has 4 rings (SSSR count). The van der Waals surface area contributed by atoms with Crippen molar-refractivity contribution in [2.24, 2.45) is 5.92 Å². The van der Waals surface area contributed by atoms with Crippen molar-refractivity contribution < 1.29 is 4.79 Å². The monoisotopic (exact) mass is 350 g/mol. The lowest BCUT2D eigenvalue weighted by atomic mass is 10.0. The predicted molar refractivity (Wildman–Crippen MR) is 105 cm³/mol. The second-order valence-corrected chi connectivity index (χ2v) is 7.45. The Balaban J connectivity index is 1.36. The van der Waals surface area contributed by atoms with Crippen LogP contribution in [0.25, 0.3) is 21.8 Å². The first-order valence-electron chi connectivity index (χ1n) is 9.58. The second-order valence-electron chi connectivity index (χ2n) is 7.45. The van der Waals surface area contributed by atoms with Crippen molar-refractivity contribution in [3.8, 4) is 0 Å². The number of nitrogens with zero attached hydrogens (tertiary/aromatic N) is 2. The molecule has 136 valence electrons. The topological polar surface area (TPSA) is 61.0 Å². The van der Waals surface area contributed by atoms with E-state index in [0.717, 1.165) is 40.7 Å². The average Bonchev–Trinajstić information content (AvgIpc) is 3.10. The highest BCUT2D eigenvalue weighted by atomic mass is 16.1. The number of hydrogen-bond donors (Lipinski definition) is 2. The fourth-order valence-electron chi connectivity index (χ4n) is 3.95. The number of fused-ring (bicyclic) bond motifs is 3. The molecule has 0 radical (unpaired) electrons. The Morgan fingerprint density at radius 3 is 3.12 bits per heavy atom.